The average Bonchev–Trinajstić information content (AvgIpc) is 2.37. The van der Waals surface area contributed by atoms with E-state index in [1.54, 1.807) is 0 Å². The molecular weight excluding hydrogens is 178 g/mol. The van der Waals surface area contributed by atoms with Crippen LogP contribution in [0.3, 0.4) is 0 Å². The summed E-state index contributed by atoms with van der Waals surface area (Å²) in [7, 11) is 0. The molecule has 1 N–H and O–H groups in total. The lowest BCUT2D eigenvalue weighted by Crippen LogP contribution is -1.76. The van der Waals surface area contributed by atoms with Crippen LogP contribution in [0.1, 0.15) is 5.56 Å². The molecule has 1 aromatic rings. The highest BCUT2D eigenvalue weighted by Gasteiger charge is 1.93. The molecule has 0 spiro atoms. The summed E-state index contributed by atoms with van der Waals surface area (Å²) < 4.78 is 0. The van der Waals surface area contributed by atoms with Crippen LogP contribution in [0.5, 0.6) is 0 Å². The molecule has 0 atom stereocenters. The summed E-state index contributed by atoms with van der Waals surface area (Å²) in [5.41, 5.74) is 2.28. The van der Waals surface area contributed by atoms with Gasteiger partial charge in [0.2, 0.25) is 0 Å². The molecule has 0 aliphatic rings. The van der Waals surface area contributed by atoms with Crippen molar-refractivity contribution in [2.75, 3.05) is 5.33 Å². The average molecular weight is 186 g/mol. The van der Waals surface area contributed by atoms with Gasteiger partial charge < -0.3 is 4.98 Å². The predicted molar refractivity (Wildman–Crippen MR) is 43.6 cm³/mol. The number of aromatic nitrogens is 1. The zero-order valence-electron chi connectivity index (χ0n) is 5.02. The third kappa shape index (κ3) is 1.45. The number of H-pyrrole nitrogens is 1. The molecule has 0 aliphatic heterocycles. The number of aromatic amines is 1. The minimum absolute atomic E-state index is 0.838. The van der Waals surface area contributed by atoms with Crippen molar-refractivity contribution in [3.8, 4) is 0 Å². The lowest BCUT2D eigenvalue weighted by molar-refractivity contribution is 1.41. The van der Waals surface area contributed by atoms with E-state index in [2.05, 4.69) is 27.5 Å². The Balaban J connectivity index is 2.77. The number of allylic oxidation sites excluding steroid dienone is 1. The molecule has 0 saturated heterocycles. The molecule has 2 heteroatoms. The predicted octanol–water partition coefficient (Wildman–Crippen LogP) is 2.42. The Labute approximate surface area is 62.9 Å². The van der Waals surface area contributed by atoms with Gasteiger partial charge in [0.15, 0.2) is 0 Å². The van der Waals surface area contributed by atoms with Gasteiger partial charge >= 0.3 is 0 Å². The lowest BCUT2D eigenvalue weighted by Gasteiger charge is -1.92. The summed E-state index contributed by atoms with van der Waals surface area (Å²) in [5, 5.41) is 0.838. The van der Waals surface area contributed by atoms with Crippen molar-refractivity contribution in [3.63, 3.8) is 0 Å². The van der Waals surface area contributed by atoms with E-state index < -0.39 is 0 Å². The molecule has 0 unspecified atom stereocenters. The molecule has 0 fully saturated rings. The first-order chi connectivity index (χ1) is 4.34. The van der Waals surface area contributed by atoms with Crippen molar-refractivity contribution in [2.24, 2.45) is 0 Å². The second-order valence-corrected chi connectivity index (χ2v) is 2.40. The van der Waals surface area contributed by atoms with Gasteiger partial charge in [-0.15, -0.1) is 0 Å². The minimum Gasteiger partial charge on any atom is -0.367 e. The van der Waals surface area contributed by atoms with E-state index in [0.29, 0.717) is 0 Å². The van der Waals surface area contributed by atoms with Gasteiger partial charge in [-0.3, -0.25) is 0 Å². The number of halogens is 1. The summed E-state index contributed by atoms with van der Waals surface area (Å²) in [6, 6.07) is 2.00. The SMILES string of the molecule is C=C(CBr)c1cc[nH]c1. The van der Waals surface area contributed by atoms with Gasteiger partial charge in [-0.25, -0.2) is 0 Å². The van der Waals surface area contributed by atoms with Crippen molar-refractivity contribution >= 4 is 21.5 Å². The quantitative estimate of drug-likeness (QED) is 0.682. The first kappa shape index (κ1) is 6.62. The fourth-order valence-electron chi connectivity index (χ4n) is 0.621. The molecule has 0 amide bonds. The van der Waals surface area contributed by atoms with Crippen LogP contribution in [0.2, 0.25) is 0 Å². The van der Waals surface area contributed by atoms with Gasteiger partial charge in [0.1, 0.15) is 0 Å². The van der Waals surface area contributed by atoms with Gasteiger partial charge in [-0.1, -0.05) is 22.5 Å². The lowest BCUT2D eigenvalue weighted by atomic mass is 10.2. The van der Waals surface area contributed by atoms with Crippen LogP contribution in [0.4, 0.5) is 0 Å². The summed E-state index contributed by atoms with van der Waals surface area (Å²) in [5.74, 6) is 0. The van der Waals surface area contributed by atoms with Gasteiger partial charge in [0, 0.05) is 17.7 Å². The van der Waals surface area contributed by atoms with Crippen LogP contribution >= 0.6 is 15.9 Å². The standard InChI is InChI=1S/C7H8BrN/c1-6(4-8)7-2-3-9-5-7/h2-3,5,9H,1,4H2. The topological polar surface area (TPSA) is 15.8 Å². The summed E-state index contributed by atoms with van der Waals surface area (Å²) >= 11 is 3.32. The van der Waals surface area contributed by atoms with Crippen LogP contribution in [0, 0.1) is 0 Å². The highest BCUT2D eigenvalue weighted by molar-refractivity contribution is 9.09. The molecule has 1 aromatic heterocycles. The fourth-order valence-corrected chi connectivity index (χ4v) is 0.945. The molecule has 1 heterocycles. The van der Waals surface area contributed by atoms with Crippen LogP contribution in [0.25, 0.3) is 5.57 Å². The van der Waals surface area contributed by atoms with Crippen LogP contribution in [-0.2, 0) is 0 Å². The zero-order chi connectivity index (χ0) is 6.69. The van der Waals surface area contributed by atoms with Crippen molar-refractivity contribution < 1.29 is 0 Å². The molecule has 1 rings (SSSR count). The number of hydrogen-bond acceptors (Lipinski definition) is 0. The Hall–Kier alpha value is -0.500. The molecule has 0 aromatic carbocycles. The summed E-state index contributed by atoms with van der Waals surface area (Å²) in [4.78, 5) is 2.96. The number of alkyl halides is 1. The molecular formula is C7H8BrN. The normalized spacial score (nSPS) is 9.44. The van der Waals surface area contributed by atoms with E-state index in [9.17, 15) is 0 Å². The maximum absolute atomic E-state index is 3.85. The maximum Gasteiger partial charge on any atom is 0.0283 e. The first-order valence-corrected chi connectivity index (χ1v) is 3.83. The third-order valence-corrected chi connectivity index (χ3v) is 1.84. The fraction of sp³-hybridized carbons (Fsp3) is 0.143. The van der Waals surface area contributed by atoms with Gasteiger partial charge in [-0.05, 0) is 17.2 Å². The first-order valence-electron chi connectivity index (χ1n) is 2.71. The Kier molecular flexibility index (Phi) is 2.11. The van der Waals surface area contributed by atoms with E-state index >= 15 is 0 Å². The van der Waals surface area contributed by atoms with Crippen LogP contribution in [-0.4, -0.2) is 10.3 Å². The molecule has 48 valence electrons. The van der Waals surface area contributed by atoms with Crippen molar-refractivity contribution in [3.05, 3.63) is 30.6 Å². The van der Waals surface area contributed by atoms with E-state index in [4.69, 9.17) is 0 Å². The highest BCUT2D eigenvalue weighted by atomic mass is 79.9. The van der Waals surface area contributed by atoms with Crippen molar-refractivity contribution in [1.82, 2.24) is 4.98 Å². The monoisotopic (exact) mass is 185 g/mol. The van der Waals surface area contributed by atoms with Crippen LogP contribution < -0.4 is 0 Å². The molecule has 0 saturated carbocycles. The Bertz CT molecular complexity index is 189. The molecule has 0 bridgehead atoms. The largest absolute Gasteiger partial charge is 0.367 e. The van der Waals surface area contributed by atoms with E-state index in [1.807, 2.05) is 18.5 Å². The van der Waals surface area contributed by atoms with Crippen molar-refractivity contribution in [2.45, 2.75) is 0 Å². The summed E-state index contributed by atoms with van der Waals surface area (Å²) in [6.45, 7) is 3.85. The Morgan fingerprint density at radius 1 is 1.78 bits per heavy atom. The minimum atomic E-state index is 0.838. The number of rotatable bonds is 2. The smallest absolute Gasteiger partial charge is 0.0283 e. The van der Waals surface area contributed by atoms with E-state index in [-0.39, 0.29) is 0 Å². The Morgan fingerprint density at radius 3 is 3.00 bits per heavy atom. The van der Waals surface area contributed by atoms with Crippen LogP contribution in [0.15, 0.2) is 25.0 Å². The molecule has 1 nitrogen and oxygen atoms in total. The molecule has 9 heavy (non-hydrogen) atoms. The van der Waals surface area contributed by atoms with Gasteiger partial charge in [-0.2, -0.15) is 0 Å². The van der Waals surface area contributed by atoms with Gasteiger partial charge in [0.05, 0.1) is 0 Å². The van der Waals surface area contributed by atoms with E-state index in [1.165, 1.54) is 5.56 Å². The number of nitrogens with one attached hydrogen (secondary N) is 1. The molecule has 0 radical (unpaired) electrons. The number of hydrogen-bond donors (Lipinski definition) is 1. The zero-order valence-corrected chi connectivity index (χ0v) is 6.61. The summed E-state index contributed by atoms with van der Waals surface area (Å²) in [6.07, 6.45) is 3.83. The second kappa shape index (κ2) is 2.87. The maximum atomic E-state index is 3.85. The van der Waals surface area contributed by atoms with Gasteiger partial charge in [0.25, 0.3) is 0 Å². The second-order valence-electron chi connectivity index (χ2n) is 1.84. The Morgan fingerprint density at radius 2 is 2.56 bits per heavy atom. The molecule has 0 aliphatic carbocycles. The van der Waals surface area contributed by atoms with E-state index in [0.717, 1.165) is 10.9 Å². The third-order valence-electron chi connectivity index (χ3n) is 1.17. The highest BCUT2D eigenvalue weighted by Crippen LogP contribution is 2.12. The van der Waals surface area contributed by atoms with Crippen molar-refractivity contribution in [1.29, 1.82) is 0 Å².